The first-order valence-electron chi connectivity index (χ1n) is 6.21. The van der Waals surface area contributed by atoms with Gasteiger partial charge in [-0.15, -0.1) is 0 Å². The zero-order chi connectivity index (χ0) is 13.1. The van der Waals surface area contributed by atoms with Crippen molar-refractivity contribution in [2.45, 2.75) is 32.2 Å². The molecule has 18 heavy (non-hydrogen) atoms. The Bertz CT molecular complexity index is 497. The molecule has 1 aromatic heterocycles. The molecule has 0 unspecified atom stereocenters. The van der Waals surface area contributed by atoms with Crippen LogP contribution in [0.1, 0.15) is 26.2 Å². The number of anilines is 1. The molecule has 0 bridgehead atoms. The molecule has 2 amide bonds. The lowest BCUT2D eigenvalue weighted by Crippen LogP contribution is -2.34. The molecule has 1 heterocycles. The Kier molecular flexibility index (Phi) is 3.64. The summed E-state index contributed by atoms with van der Waals surface area (Å²) in [5.41, 5.74) is -0.312. The zero-order valence-corrected chi connectivity index (χ0v) is 10.6. The van der Waals surface area contributed by atoms with Crippen LogP contribution in [0.2, 0.25) is 0 Å². The SMILES string of the molecule is CCC[C@H]1C[C@H]1NC(=O)Nc1nccn(C)c1=O. The number of hydrogen-bond acceptors (Lipinski definition) is 3. The summed E-state index contributed by atoms with van der Waals surface area (Å²) in [6, 6.07) is -0.105. The average molecular weight is 250 g/mol. The van der Waals surface area contributed by atoms with Crippen molar-refractivity contribution in [2.24, 2.45) is 13.0 Å². The molecule has 1 aliphatic rings. The standard InChI is InChI=1S/C12H18N4O2/c1-3-4-8-7-9(8)14-12(18)15-10-11(17)16(2)6-5-13-10/h5-6,8-9H,3-4,7H2,1-2H3,(H2,13,14,15,18)/t8-,9+/m0/s1. The van der Waals surface area contributed by atoms with E-state index in [1.165, 1.54) is 10.8 Å². The van der Waals surface area contributed by atoms with Crippen molar-refractivity contribution in [2.75, 3.05) is 5.32 Å². The molecular formula is C12H18N4O2. The first-order chi connectivity index (χ1) is 8.61. The Morgan fingerprint density at radius 1 is 1.61 bits per heavy atom. The number of aryl methyl sites for hydroxylation is 1. The van der Waals surface area contributed by atoms with Crippen LogP contribution in [0.4, 0.5) is 10.6 Å². The predicted octanol–water partition coefficient (Wildman–Crippen LogP) is 1.09. The second-order valence-corrected chi connectivity index (χ2v) is 4.68. The Morgan fingerprint density at radius 3 is 3.11 bits per heavy atom. The number of nitrogens with one attached hydrogen (secondary N) is 2. The van der Waals surface area contributed by atoms with Crippen molar-refractivity contribution in [1.82, 2.24) is 14.9 Å². The van der Waals surface area contributed by atoms with Crippen LogP contribution in [0.5, 0.6) is 0 Å². The van der Waals surface area contributed by atoms with Crippen LogP contribution >= 0.6 is 0 Å². The summed E-state index contributed by atoms with van der Waals surface area (Å²) in [6.45, 7) is 2.13. The summed E-state index contributed by atoms with van der Waals surface area (Å²) >= 11 is 0. The van der Waals surface area contributed by atoms with Crippen LogP contribution in [0.25, 0.3) is 0 Å². The van der Waals surface area contributed by atoms with Gasteiger partial charge in [0.05, 0.1) is 0 Å². The number of nitrogens with zero attached hydrogens (tertiary/aromatic N) is 2. The second-order valence-electron chi connectivity index (χ2n) is 4.68. The maximum atomic E-state index is 11.7. The van der Waals surface area contributed by atoms with E-state index in [2.05, 4.69) is 22.5 Å². The number of carbonyl (C=O) groups is 1. The van der Waals surface area contributed by atoms with E-state index in [0.717, 1.165) is 19.3 Å². The minimum Gasteiger partial charge on any atom is -0.335 e. The second kappa shape index (κ2) is 5.20. The first-order valence-corrected chi connectivity index (χ1v) is 6.21. The minimum absolute atomic E-state index is 0.0604. The van der Waals surface area contributed by atoms with E-state index in [1.54, 1.807) is 13.2 Å². The van der Waals surface area contributed by atoms with Gasteiger partial charge in [0, 0.05) is 25.5 Å². The molecule has 98 valence electrons. The summed E-state index contributed by atoms with van der Waals surface area (Å²) in [5.74, 6) is 0.650. The summed E-state index contributed by atoms with van der Waals surface area (Å²) in [5, 5.41) is 5.34. The highest BCUT2D eigenvalue weighted by molar-refractivity contribution is 5.88. The summed E-state index contributed by atoms with van der Waals surface area (Å²) < 4.78 is 1.37. The molecule has 1 aliphatic carbocycles. The number of amides is 2. The molecule has 6 nitrogen and oxygen atoms in total. The van der Waals surface area contributed by atoms with Gasteiger partial charge in [-0.05, 0) is 18.8 Å². The van der Waals surface area contributed by atoms with E-state index < -0.39 is 0 Å². The molecule has 0 radical (unpaired) electrons. The van der Waals surface area contributed by atoms with Crippen LogP contribution in [0, 0.1) is 5.92 Å². The average Bonchev–Trinajstić information content (AvgIpc) is 3.03. The Morgan fingerprint density at radius 2 is 2.39 bits per heavy atom. The van der Waals surface area contributed by atoms with E-state index in [9.17, 15) is 9.59 Å². The van der Waals surface area contributed by atoms with Crippen LogP contribution in [-0.4, -0.2) is 21.6 Å². The number of urea groups is 1. The van der Waals surface area contributed by atoms with E-state index in [0.29, 0.717) is 5.92 Å². The Hall–Kier alpha value is -1.85. The summed E-state index contributed by atoms with van der Waals surface area (Å²) in [4.78, 5) is 27.2. The highest BCUT2D eigenvalue weighted by atomic mass is 16.2. The normalized spacial score (nSPS) is 21.4. The summed E-state index contributed by atoms with van der Waals surface area (Å²) in [7, 11) is 1.62. The highest BCUT2D eigenvalue weighted by Crippen LogP contribution is 2.34. The molecule has 6 heteroatoms. The van der Waals surface area contributed by atoms with Gasteiger partial charge in [0.1, 0.15) is 0 Å². The van der Waals surface area contributed by atoms with Gasteiger partial charge in [0.2, 0.25) is 5.82 Å². The van der Waals surface area contributed by atoms with Crippen molar-refractivity contribution >= 4 is 11.8 Å². The lowest BCUT2D eigenvalue weighted by atomic mass is 10.2. The van der Waals surface area contributed by atoms with Crippen molar-refractivity contribution in [3.8, 4) is 0 Å². The number of rotatable bonds is 4. The van der Waals surface area contributed by atoms with Gasteiger partial charge < -0.3 is 9.88 Å². The fourth-order valence-corrected chi connectivity index (χ4v) is 2.01. The molecule has 0 aliphatic heterocycles. The molecule has 0 saturated heterocycles. The van der Waals surface area contributed by atoms with Gasteiger partial charge in [-0.2, -0.15) is 0 Å². The minimum atomic E-state index is -0.352. The van der Waals surface area contributed by atoms with Crippen LogP contribution in [0.3, 0.4) is 0 Å². The molecule has 0 spiro atoms. The maximum absolute atomic E-state index is 11.7. The third-order valence-corrected chi connectivity index (χ3v) is 3.15. The smallest absolute Gasteiger partial charge is 0.320 e. The molecular weight excluding hydrogens is 232 g/mol. The van der Waals surface area contributed by atoms with E-state index in [-0.39, 0.29) is 23.5 Å². The van der Waals surface area contributed by atoms with Crippen molar-refractivity contribution in [3.05, 3.63) is 22.7 Å². The van der Waals surface area contributed by atoms with E-state index >= 15 is 0 Å². The van der Waals surface area contributed by atoms with Crippen LogP contribution < -0.4 is 16.2 Å². The molecule has 1 saturated carbocycles. The van der Waals surface area contributed by atoms with Gasteiger partial charge in [-0.25, -0.2) is 9.78 Å². The van der Waals surface area contributed by atoms with Gasteiger partial charge in [0.25, 0.3) is 5.56 Å². The maximum Gasteiger partial charge on any atom is 0.320 e. The Labute approximate surface area is 105 Å². The van der Waals surface area contributed by atoms with E-state index in [1.807, 2.05) is 0 Å². The van der Waals surface area contributed by atoms with Crippen LogP contribution in [0.15, 0.2) is 17.2 Å². The van der Waals surface area contributed by atoms with Gasteiger partial charge in [-0.1, -0.05) is 13.3 Å². The summed E-state index contributed by atoms with van der Waals surface area (Å²) in [6.07, 6.45) is 6.32. The first kappa shape index (κ1) is 12.6. The third kappa shape index (κ3) is 2.88. The highest BCUT2D eigenvalue weighted by Gasteiger charge is 2.37. The van der Waals surface area contributed by atoms with Crippen molar-refractivity contribution in [3.63, 3.8) is 0 Å². The monoisotopic (exact) mass is 250 g/mol. The largest absolute Gasteiger partial charge is 0.335 e. The molecule has 2 rings (SSSR count). The van der Waals surface area contributed by atoms with Gasteiger partial charge >= 0.3 is 6.03 Å². The molecule has 1 aromatic rings. The number of carbonyl (C=O) groups excluding carboxylic acids is 1. The van der Waals surface area contributed by atoms with Gasteiger partial charge in [-0.3, -0.25) is 10.1 Å². The molecule has 0 aromatic carbocycles. The lowest BCUT2D eigenvalue weighted by molar-refractivity contribution is 0.251. The number of hydrogen-bond donors (Lipinski definition) is 2. The molecule has 2 N–H and O–H groups in total. The topological polar surface area (TPSA) is 76.0 Å². The zero-order valence-electron chi connectivity index (χ0n) is 10.6. The lowest BCUT2D eigenvalue weighted by Gasteiger charge is -2.06. The number of aromatic nitrogens is 2. The molecule has 2 atom stereocenters. The third-order valence-electron chi connectivity index (χ3n) is 3.15. The van der Waals surface area contributed by atoms with Crippen molar-refractivity contribution in [1.29, 1.82) is 0 Å². The molecule has 1 fully saturated rings. The van der Waals surface area contributed by atoms with Crippen LogP contribution in [-0.2, 0) is 7.05 Å². The predicted molar refractivity (Wildman–Crippen MR) is 68.4 cm³/mol. The fraction of sp³-hybridized carbons (Fsp3) is 0.583. The van der Waals surface area contributed by atoms with Gasteiger partial charge in [0.15, 0.2) is 0 Å². The quantitative estimate of drug-likeness (QED) is 0.839. The van der Waals surface area contributed by atoms with Crippen molar-refractivity contribution < 1.29 is 4.79 Å². The Balaban J connectivity index is 1.88. The fourth-order valence-electron chi connectivity index (χ4n) is 2.01. The van der Waals surface area contributed by atoms with E-state index in [4.69, 9.17) is 0 Å².